The summed E-state index contributed by atoms with van der Waals surface area (Å²) in [5, 5.41) is 0. The Bertz CT molecular complexity index is 393. The van der Waals surface area contributed by atoms with Gasteiger partial charge in [-0.2, -0.15) is 0 Å². The minimum Gasteiger partial charge on any atom is -0.341 e. The number of hydrogen-bond acceptors (Lipinski definition) is 2. The van der Waals surface area contributed by atoms with E-state index in [0.29, 0.717) is 19.5 Å². The van der Waals surface area contributed by atoms with Crippen LogP contribution in [0.3, 0.4) is 0 Å². The van der Waals surface area contributed by atoms with E-state index in [1.807, 2.05) is 42.3 Å². The summed E-state index contributed by atoms with van der Waals surface area (Å²) in [5.74, 6) is 0.212. The zero-order valence-corrected chi connectivity index (χ0v) is 11.1. The Hall–Kier alpha value is -1.35. The number of benzene rings is 1. The molecule has 0 saturated heterocycles. The molecule has 0 radical (unpaired) electrons. The summed E-state index contributed by atoms with van der Waals surface area (Å²) in [6.07, 6.45) is 4.03. The van der Waals surface area contributed by atoms with E-state index in [2.05, 4.69) is 0 Å². The van der Waals surface area contributed by atoms with Crippen LogP contribution in [0.1, 0.15) is 31.2 Å². The van der Waals surface area contributed by atoms with Crippen LogP contribution in [0.25, 0.3) is 0 Å². The predicted octanol–water partition coefficient (Wildman–Crippen LogP) is 2.16. The fourth-order valence-corrected chi connectivity index (χ4v) is 2.53. The molecule has 3 heteroatoms. The highest BCUT2D eigenvalue weighted by molar-refractivity contribution is 5.76. The normalized spacial score (nSPS) is 17.0. The minimum atomic E-state index is 0.0992. The maximum Gasteiger partial charge on any atom is 0.223 e. The van der Waals surface area contributed by atoms with Gasteiger partial charge < -0.3 is 10.6 Å². The van der Waals surface area contributed by atoms with Gasteiger partial charge in [-0.1, -0.05) is 36.8 Å². The molecule has 18 heavy (non-hydrogen) atoms. The molecule has 0 aromatic heterocycles. The van der Waals surface area contributed by atoms with Crippen molar-refractivity contribution in [2.75, 3.05) is 13.6 Å². The first-order chi connectivity index (χ1) is 8.65. The Kier molecular flexibility index (Phi) is 4.02. The highest BCUT2D eigenvalue weighted by Crippen LogP contribution is 2.43. The molecular weight excluding hydrogens is 224 g/mol. The van der Waals surface area contributed by atoms with Crippen LogP contribution in [0.15, 0.2) is 30.3 Å². The second kappa shape index (κ2) is 5.53. The molecule has 1 aliphatic rings. The van der Waals surface area contributed by atoms with Crippen molar-refractivity contribution in [2.45, 2.75) is 32.2 Å². The average Bonchev–Trinajstić information content (AvgIpc) is 2.34. The molecule has 1 aromatic rings. The van der Waals surface area contributed by atoms with E-state index in [9.17, 15) is 4.79 Å². The molecular formula is C15H22N2O. The molecule has 0 atom stereocenters. The third kappa shape index (κ3) is 2.91. The van der Waals surface area contributed by atoms with Crippen LogP contribution in [0, 0.1) is 5.41 Å². The van der Waals surface area contributed by atoms with Crippen LogP contribution in [-0.4, -0.2) is 24.4 Å². The topological polar surface area (TPSA) is 46.3 Å². The molecule has 98 valence electrons. The lowest BCUT2D eigenvalue weighted by Crippen LogP contribution is -2.42. The highest BCUT2D eigenvalue weighted by Gasteiger charge is 2.38. The van der Waals surface area contributed by atoms with E-state index >= 15 is 0 Å². The summed E-state index contributed by atoms with van der Waals surface area (Å²) in [6.45, 7) is 1.32. The smallest absolute Gasteiger partial charge is 0.223 e. The van der Waals surface area contributed by atoms with E-state index in [1.54, 1.807) is 0 Å². The molecule has 0 spiro atoms. The third-order valence-corrected chi connectivity index (χ3v) is 4.06. The van der Waals surface area contributed by atoms with E-state index in [1.165, 1.54) is 12.0 Å². The van der Waals surface area contributed by atoms with Gasteiger partial charge in [0.25, 0.3) is 0 Å². The number of carbonyl (C=O) groups is 1. The quantitative estimate of drug-likeness (QED) is 0.865. The lowest BCUT2D eigenvalue weighted by Gasteiger charge is -2.41. The Balaban J connectivity index is 1.89. The summed E-state index contributed by atoms with van der Waals surface area (Å²) in [6, 6.07) is 10.1. The van der Waals surface area contributed by atoms with E-state index in [4.69, 9.17) is 5.73 Å². The number of hydrogen-bond donors (Lipinski definition) is 1. The summed E-state index contributed by atoms with van der Waals surface area (Å²) in [7, 11) is 1.87. The standard InChI is InChI=1S/C15H22N2O/c1-17(11-13-6-3-2-4-7-13)14(18)10-15(12-16)8-5-9-15/h2-4,6-7H,5,8-12,16H2,1H3. The molecule has 3 nitrogen and oxygen atoms in total. The van der Waals surface area contributed by atoms with Crippen LogP contribution in [0.2, 0.25) is 0 Å². The highest BCUT2D eigenvalue weighted by atomic mass is 16.2. The van der Waals surface area contributed by atoms with E-state index in [-0.39, 0.29) is 11.3 Å². The maximum absolute atomic E-state index is 12.2. The van der Waals surface area contributed by atoms with Crippen LogP contribution in [-0.2, 0) is 11.3 Å². The van der Waals surface area contributed by atoms with E-state index in [0.717, 1.165) is 12.8 Å². The first kappa shape index (κ1) is 13.1. The largest absolute Gasteiger partial charge is 0.341 e. The predicted molar refractivity (Wildman–Crippen MR) is 72.9 cm³/mol. The number of amides is 1. The van der Waals surface area contributed by atoms with Crippen LogP contribution in [0.5, 0.6) is 0 Å². The van der Waals surface area contributed by atoms with Crippen molar-refractivity contribution < 1.29 is 4.79 Å². The molecule has 2 rings (SSSR count). The lowest BCUT2D eigenvalue weighted by atomic mass is 9.66. The van der Waals surface area contributed by atoms with Crippen molar-refractivity contribution in [3.8, 4) is 0 Å². The number of nitrogens with zero attached hydrogens (tertiary/aromatic N) is 1. The molecule has 0 aliphatic heterocycles. The van der Waals surface area contributed by atoms with Crippen molar-refractivity contribution in [3.05, 3.63) is 35.9 Å². The molecule has 0 unspecified atom stereocenters. The summed E-state index contributed by atoms with van der Waals surface area (Å²) in [4.78, 5) is 14.0. The van der Waals surface area contributed by atoms with Crippen LogP contribution >= 0.6 is 0 Å². The zero-order valence-electron chi connectivity index (χ0n) is 11.1. The maximum atomic E-state index is 12.2. The Labute approximate surface area is 109 Å². The second-order valence-electron chi connectivity index (χ2n) is 5.47. The average molecular weight is 246 g/mol. The molecule has 2 N–H and O–H groups in total. The Morgan fingerprint density at radius 2 is 2.00 bits per heavy atom. The monoisotopic (exact) mass is 246 g/mol. The van der Waals surface area contributed by atoms with Crippen molar-refractivity contribution in [1.29, 1.82) is 0 Å². The molecule has 0 heterocycles. The van der Waals surface area contributed by atoms with Gasteiger partial charge in [0.1, 0.15) is 0 Å². The van der Waals surface area contributed by atoms with Crippen LogP contribution in [0.4, 0.5) is 0 Å². The van der Waals surface area contributed by atoms with Crippen molar-refractivity contribution >= 4 is 5.91 Å². The zero-order chi connectivity index (χ0) is 13.0. The summed E-state index contributed by atoms with van der Waals surface area (Å²) < 4.78 is 0. The number of carbonyl (C=O) groups excluding carboxylic acids is 1. The fourth-order valence-electron chi connectivity index (χ4n) is 2.53. The van der Waals surface area contributed by atoms with Gasteiger partial charge in [0, 0.05) is 20.0 Å². The SMILES string of the molecule is CN(Cc1ccccc1)C(=O)CC1(CN)CCC1. The van der Waals surface area contributed by atoms with E-state index < -0.39 is 0 Å². The number of rotatable bonds is 5. The van der Waals surface area contributed by atoms with Gasteiger partial charge in [0.15, 0.2) is 0 Å². The van der Waals surface area contributed by atoms with Gasteiger partial charge in [-0.15, -0.1) is 0 Å². The van der Waals surface area contributed by atoms with Gasteiger partial charge >= 0.3 is 0 Å². The molecule has 1 aromatic carbocycles. The minimum absolute atomic E-state index is 0.0992. The Morgan fingerprint density at radius 3 is 2.50 bits per heavy atom. The molecule has 0 bridgehead atoms. The van der Waals surface area contributed by atoms with Crippen LogP contribution < -0.4 is 5.73 Å². The van der Waals surface area contributed by atoms with Crippen molar-refractivity contribution in [2.24, 2.45) is 11.1 Å². The lowest BCUT2D eigenvalue weighted by molar-refractivity contribution is -0.134. The summed E-state index contributed by atoms with van der Waals surface area (Å²) >= 11 is 0. The molecule has 1 saturated carbocycles. The van der Waals surface area contributed by atoms with Gasteiger partial charge in [-0.05, 0) is 30.4 Å². The summed E-state index contributed by atoms with van der Waals surface area (Å²) in [5.41, 5.74) is 7.07. The molecule has 1 aliphatic carbocycles. The Morgan fingerprint density at radius 1 is 1.33 bits per heavy atom. The number of nitrogens with two attached hydrogens (primary N) is 1. The van der Waals surface area contributed by atoms with Crippen molar-refractivity contribution in [1.82, 2.24) is 4.90 Å². The van der Waals surface area contributed by atoms with Gasteiger partial charge in [-0.3, -0.25) is 4.79 Å². The first-order valence-electron chi connectivity index (χ1n) is 6.63. The van der Waals surface area contributed by atoms with Crippen molar-refractivity contribution in [3.63, 3.8) is 0 Å². The second-order valence-corrected chi connectivity index (χ2v) is 5.47. The first-order valence-corrected chi connectivity index (χ1v) is 6.63. The van der Waals surface area contributed by atoms with Gasteiger partial charge in [-0.25, -0.2) is 0 Å². The fraction of sp³-hybridized carbons (Fsp3) is 0.533. The molecule has 1 amide bonds. The third-order valence-electron chi connectivity index (χ3n) is 4.06. The van der Waals surface area contributed by atoms with Gasteiger partial charge in [0.2, 0.25) is 5.91 Å². The molecule has 1 fully saturated rings. The van der Waals surface area contributed by atoms with Gasteiger partial charge in [0.05, 0.1) is 0 Å².